The standard InChI is InChI=1S/C5H10P/c1-2-4-6-5-3-1/h1-5H2. The van der Waals surface area contributed by atoms with Gasteiger partial charge in [0.2, 0.25) is 0 Å². The van der Waals surface area contributed by atoms with E-state index in [9.17, 15) is 0 Å². The molecule has 0 nitrogen and oxygen atoms in total. The SMILES string of the molecule is C1CC[P]CC1. The normalized spacial score (nSPS) is 24.0. The lowest BCUT2D eigenvalue weighted by Crippen LogP contribution is -1.89. The van der Waals surface area contributed by atoms with Gasteiger partial charge in [-0.3, -0.25) is 0 Å². The Morgan fingerprint density at radius 2 is 1.50 bits per heavy atom. The highest BCUT2D eigenvalue weighted by molar-refractivity contribution is 7.38. The van der Waals surface area contributed by atoms with Crippen molar-refractivity contribution in [2.75, 3.05) is 12.3 Å². The minimum atomic E-state index is 1.47. The summed E-state index contributed by atoms with van der Waals surface area (Å²) in [7, 11) is 1.70. The van der Waals surface area contributed by atoms with E-state index in [2.05, 4.69) is 0 Å². The third-order valence-corrected chi connectivity index (χ3v) is 2.40. The van der Waals surface area contributed by atoms with Crippen molar-refractivity contribution < 1.29 is 0 Å². The van der Waals surface area contributed by atoms with Crippen LogP contribution in [0.15, 0.2) is 0 Å². The van der Waals surface area contributed by atoms with E-state index in [0.717, 1.165) is 0 Å². The molecule has 0 aromatic heterocycles. The monoisotopic (exact) mass is 101 g/mol. The summed E-state index contributed by atoms with van der Waals surface area (Å²) >= 11 is 0. The lowest BCUT2D eigenvalue weighted by atomic mass is 10.3. The molecule has 1 radical (unpaired) electrons. The summed E-state index contributed by atoms with van der Waals surface area (Å²) < 4.78 is 0. The van der Waals surface area contributed by atoms with E-state index in [1.165, 1.54) is 31.6 Å². The molecule has 0 unspecified atom stereocenters. The molecule has 6 heavy (non-hydrogen) atoms. The van der Waals surface area contributed by atoms with Crippen LogP contribution in [0.3, 0.4) is 0 Å². The van der Waals surface area contributed by atoms with Crippen molar-refractivity contribution in [3.8, 4) is 0 Å². The number of rotatable bonds is 0. The van der Waals surface area contributed by atoms with Gasteiger partial charge in [0.05, 0.1) is 0 Å². The highest BCUT2D eigenvalue weighted by atomic mass is 31.1. The first-order valence-electron chi connectivity index (χ1n) is 2.63. The molecule has 0 aromatic carbocycles. The highest BCUT2D eigenvalue weighted by Gasteiger charge is 1.95. The van der Waals surface area contributed by atoms with Gasteiger partial charge in [0.25, 0.3) is 0 Å². The molecule has 0 bridgehead atoms. The summed E-state index contributed by atoms with van der Waals surface area (Å²) in [6.07, 6.45) is 7.41. The van der Waals surface area contributed by atoms with Gasteiger partial charge in [-0.1, -0.05) is 15.0 Å². The summed E-state index contributed by atoms with van der Waals surface area (Å²) in [4.78, 5) is 0. The van der Waals surface area contributed by atoms with Crippen LogP contribution in [0.4, 0.5) is 0 Å². The average molecular weight is 101 g/mol. The molecule has 1 fully saturated rings. The third kappa shape index (κ3) is 1.26. The lowest BCUT2D eigenvalue weighted by Gasteiger charge is -2.05. The van der Waals surface area contributed by atoms with Gasteiger partial charge >= 0.3 is 0 Å². The highest BCUT2D eigenvalue weighted by Crippen LogP contribution is 2.21. The molecule has 0 amide bonds. The van der Waals surface area contributed by atoms with E-state index in [1.807, 2.05) is 0 Å². The Hall–Kier alpha value is 0.430. The van der Waals surface area contributed by atoms with E-state index in [4.69, 9.17) is 0 Å². The van der Waals surface area contributed by atoms with Crippen LogP contribution in [0, 0.1) is 0 Å². The predicted octanol–water partition coefficient (Wildman–Crippen LogP) is 2.12. The first-order chi connectivity index (χ1) is 3.00. The second-order valence-electron chi connectivity index (χ2n) is 1.73. The van der Waals surface area contributed by atoms with Gasteiger partial charge in [-0.2, -0.15) is 0 Å². The largest absolute Gasteiger partial charge is 0.0810 e. The minimum Gasteiger partial charge on any atom is -0.0810 e. The zero-order valence-electron chi connectivity index (χ0n) is 3.98. The van der Waals surface area contributed by atoms with Gasteiger partial charge in [0.1, 0.15) is 0 Å². The molecule has 1 heteroatoms. The molecular formula is C5H10P. The van der Waals surface area contributed by atoms with E-state index in [0.29, 0.717) is 0 Å². The van der Waals surface area contributed by atoms with Gasteiger partial charge in [0.15, 0.2) is 0 Å². The second kappa shape index (κ2) is 2.58. The molecule has 1 aliphatic rings. The predicted molar refractivity (Wildman–Crippen MR) is 30.5 cm³/mol. The van der Waals surface area contributed by atoms with Gasteiger partial charge in [-0.25, -0.2) is 0 Å². The molecule has 0 N–H and O–H groups in total. The van der Waals surface area contributed by atoms with Gasteiger partial charge < -0.3 is 0 Å². The molecule has 0 spiro atoms. The van der Waals surface area contributed by atoms with Crippen molar-refractivity contribution in [2.45, 2.75) is 19.3 Å². The van der Waals surface area contributed by atoms with Gasteiger partial charge in [-0.05, 0) is 25.2 Å². The molecule has 0 saturated carbocycles. The molecule has 1 saturated heterocycles. The molecule has 1 rings (SSSR count). The Bertz CT molecular complexity index is 19.4. The average Bonchev–Trinajstić information content (AvgIpc) is 1.72. The Kier molecular flexibility index (Phi) is 1.97. The molecule has 35 valence electrons. The van der Waals surface area contributed by atoms with E-state index < -0.39 is 0 Å². The Balaban J connectivity index is 2.00. The quantitative estimate of drug-likeness (QED) is 0.410. The van der Waals surface area contributed by atoms with Crippen LogP contribution in [-0.2, 0) is 0 Å². The Labute approximate surface area is 41.1 Å². The van der Waals surface area contributed by atoms with Crippen LogP contribution in [0.5, 0.6) is 0 Å². The summed E-state index contributed by atoms with van der Waals surface area (Å²) in [5.74, 6) is 0. The molecular weight excluding hydrogens is 91.0 g/mol. The summed E-state index contributed by atoms with van der Waals surface area (Å²) in [6.45, 7) is 0. The first kappa shape index (κ1) is 4.59. The summed E-state index contributed by atoms with van der Waals surface area (Å²) in [6, 6.07) is 0. The summed E-state index contributed by atoms with van der Waals surface area (Å²) in [5, 5.41) is 0. The van der Waals surface area contributed by atoms with Crippen LogP contribution in [-0.4, -0.2) is 12.3 Å². The maximum absolute atomic E-state index is 1.70. The minimum absolute atomic E-state index is 1.47. The Morgan fingerprint density at radius 1 is 0.833 bits per heavy atom. The zero-order valence-corrected chi connectivity index (χ0v) is 4.88. The van der Waals surface area contributed by atoms with Crippen LogP contribution < -0.4 is 0 Å². The number of hydrogen-bond donors (Lipinski definition) is 0. The first-order valence-corrected chi connectivity index (χ1v) is 3.90. The topological polar surface area (TPSA) is 0 Å². The van der Waals surface area contributed by atoms with E-state index in [1.54, 1.807) is 8.58 Å². The van der Waals surface area contributed by atoms with Crippen LogP contribution in [0.25, 0.3) is 0 Å². The fraction of sp³-hybridized carbons (Fsp3) is 1.00. The molecule has 0 aromatic rings. The van der Waals surface area contributed by atoms with Crippen molar-refractivity contribution in [1.29, 1.82) is 0 Å². The smallest absolute Gasteiger partial charge is 0.0287 e. The Morgan fingerprint density at radius 3 is 1.67 bits per heavy atom. The fourth-order valence-electron chi connectivity index (χ4n) is 0.736. The molecule has 0 aliphatic carbocycles. The molecule has 1 heterocycles. The van der Waals surface area contributed by atoms with Gasteiger partial charge in [-0.15, -0.1) is 0 Å². The molecule has 0 atom stereocenters. The van der Waals surface area contributed by atoms with Crippen molar-refractivity contribution >= 4 is 8.58 Å². The molecule has 1 aliphatic heterocycles. The second-order valence-corrected chi connectivity index (χ2v) is 3.07. The van der Waals surface area contributed by atoms with E-state index in [-0.39, 0.29) is 0 Å². The van der Waals surface area contributed by atoms with Crippen molar-refractivity contribution in [3.05, 3.63) is 0 Å². The van der Waals surface area contributed by atoms with Crippen LogP contribution in [0.1, 0.15) is 19.3 Å². The zero-order chi connectivity index (χ0) is 4.24. The van der Waals surface area contributed by atoms with Crippen LogP contribution in [0.2, 0.25) is 0 Å². The van der Waals surface area contributed by atoms with Gasteiger partial charge in [0, 0.05) is 0 Å². The van der Waals surface area contributed by atoms with Crippen molar-refractivity contribution in [1.82, 2.24) is 0 Å². The van der Waals surface area contributed by atoms with Crippen molar-refractivity contribution in [2.24, 2.45) is 0 Å². The van der Waals surface area contributed by atoms with E-state index >= 15 is 0 Å². The fourth-order valence-corrected chi connectivity index (χ4v) is 1.85. The van der Waals surface area contributed by atoms with Crippen LogP contribution >= 0.6 is 8.58 Å². The lowest BCUT2D eigenvalue weighted by molar-refractivity contribution is 0.759. The summed E-state index contributed by atoms with van der Waals surface area (Å²) in [5.41, 5.74) is 0. The van der Waals surface area contributed by atoms with Crippen molar-refractivity contribution in [3.63, 3.8) is 0 Å². The maximum Gasteiger partial charge on any atom is -0.0287 e. The number of hydrogen-bond acceptors (Lipinski definition) is 0. The third-order valence-electron chi connectivity index (χ3n) is 1.13. The maximum atomic E-state index is 1.70.